The number of hydrogen-bond donors (Lipinski definition) is 0. The van der Waals surface area contributed by atoms with E-state index in [0.717, 1.165) is 18.8 Å². The Labute approximate surface area is 116 Å². The van der Waals surface area contributed by atoms with Gasteiger partial charge in [-0.05, 0) is 44.4 Å². The van der Waals surface area contributed by atoms with E-state index in [1.54, 1.807) is 11.8 Å². The summed E-state index contributed by atoms with van der Waals surface area (Å²) in [5.74, 6) is 1.29. The van der Waals surface area contributed by atoms with Crippen LogP contribution in [0.15, 0.2) is 24.3 Å². The molecule has 1 unspecified atom stereocenters. The van der Waals surface area contributed by atoms with Crippen LogP contribution >= 0.6 is 0 Å². The van der Waals surface area contributed by atoms with E-state index < -0.39 is 6.10 Å². The van der Waals surface area contributed by atoms with Crippen LogP contribution in [-0.2, 0) is 4.79 Å². The third kappa shape index (κ3) is 4.27. The first-order valence-corrected chi connectivity index (χ1v) is 7.04. The quantitative estimate of drug-likeness (QED) is 0.786. The molecule has 0 bridgehead atoms. The van der Waals surface area contributed by atoms with Gasteiger partial charge in [0.25, 0.3) is 5.91 Å². The Balaban J connectivity index is 2.66. The fourth-order valence-corrected chi connectivity index (χ4v) is 1.98. The molecule has 0 aromatic heterocycles. The molecule has 3 nitrogen and oxygen atoms in total. The molecule has 0 N–H and O–H groups in total. The lowest BCUT2D eigenvalue weighted by molar-refractivity contribution is -0.137. The van der Waals surface area contributed by atoms with Gasteiger partial charge in [0, 0.05) is 13.1 Å². The fourth-order valence-electron chi connectivity index (χ4n) is 1.98. The fraction of sp³-hybridized carbons (Fsp3) is 0.562. The zero-order valence-corrected chi connectivity index (χ0v) is 12.6. The van der Waals surface area contributed by atoms with Crippen LogP contribution in [0, 0.1) is 0 Å². The van der Waals surface area contributed by atoms with Crippen LogP contribution in [0.25, 0.3) is 0 Å². The zero-order valence-electron chi connectivity index (χ0n) is 12.6. The Morgan fingerprint density at radius 3 is 2.05 bits per heavy atom. The van der Waals surface area contributed by atoms with Crippen LogP contribution in [0.3, 0.4) is 0 Å². The maximum Gasteiger partial charge on any atom is 0.263 e. The lowest BCUT2D eigenvalue weighted by atomic mass is 10.0. The van der Waals surface area contributed by atoms with Gasteiger partial charge in [-0.1, -0.05) is 26.0 Å². The third-order valence-electron chi connectivity index (χ3n) is 3.28. The van der Waals surface area contributed by atoms with Gasteiger partial charge in [0.1, 0.15) is 5.75 Å². The Bertz CT molecular complexity index is 394. The minimum Gasteiger partial charge on any atom is -0.481 e. The van der Waals surface area contributed by atoms with Crippen molar-refractivity contribution in [1.29, 1.82) is 0 Å². The number of amides is 1. The zero-order chi connectivity index (χ0) is 14.4. The number of hydrogen-bond acceptors (Lipinski definition) is 2. The molecule has 1 aromatic rings. The summed E-state index contributed by atoms with van der Waals surface area (Å²) in [6.45, 7) is 11.5. The standard InChI is InChI=1S/C16H25NO2/c1-6-17(7-2)16(18)13(5)19-15-10-8-14(9-11-15)12(3)4/h8-13H,6-7H2,1-5H3. The van der Waals surface area contributed by atoms with E-state index in [-0.39, 0.29) is 5.91 Å². The predicted octanol–water partition coefficient (Wildman–Crippen LogP) is 3.45. The van der Waals surface area contributed by atoms with Gasteiger partial charge in [0.05, 0.1) is 0 Å². The Morgan fingerprint density at radius 1 is 1.11 bits per heavy atom. The molecule has 0 heterocycles. The number of nitrogens with zero attached hydrogens (tertiary/aromatic N) is 1. The topological polar surface area (TPSA) is 29.5 Å². The first-order valence-electron chi connectivity index (χ1n) is 7.04. The molecule has 1 atom stereocenters. The Hall–Kier alpha value is -1.51. The molecule has 0 fully saturated rings. The molecule has 0 aliphatic heterocycles. The van der Waals surface area contributed by atoms with Crippen LogP contribution in [0.2, 0.25) is 0 Å². The van der Waals surface area contributed by atoms with E-state index in [4.69, 9.17) is 4.74 Å². The maximum absolute atomic E-state index is 12.1. The molecule has 0 saturated heterocycles. The summed E-state index contributed by atoms with van der Waals surface area (Å²) in [4.78, 5) is 13.9. The lowest BCUT2D eigenvalue weighted by Crippen LogP contribution is -2.40. The van der Waals surface area contributed by atoms with E-state index in [0.29, 0.717) is 5.92 Å². The first kappa shape index (κ1) is 15.5. The van der Waals surface area contributed by atoms with Crippen LogP contribution in [0.5, 0.6) is 5.75 Å². The van der Waals surface area contributed by atoms with E-state index in [9.17, 15) is 4.79 Å². The lowest BCUT2D eigenvalue weighted by Gasteiger charge is -2.23. The molecule has 1 amide bonds. The molecule has 0 spiro atoms. The highest BCUT2D eigenvalue weighted by Gasteiger charge is 2.19. The van der Waals surface area contributed by atoms with Crippen molar-refractivity contribution in [2.45, 2.75) is 46.6 Å². The molecular formula is C16H25NO2. The van der Waals surface area contributed by atoms with Crippen molar-refractivity contribution >= 4 is 5.91 Å². The number of likely N-dealkylation sites (N-methyl/N-ethyl adjacent to an activating group) is 1. The van der Waals surface area contributed by atoms with Crippen LogP contribution in [-0.4, -0.2) is 30.0 Å². The summed E-state index contributed by atoms with van der Waals surface area (Å²) >= 11 is 0. The summed E-state index contributed by atoms with van der Waals surface area (Å²) in [5, 5.41) is 0. The van der Waals surface area contributed by atoms with Gasteiger partial charge in [-0.15, -0.1) is 0 Å². The molecule has 0 aliphatic carbocycles. The first-order chi connectivity index (χ1) is 8.99. The van der Waals surface area contributed by atoms with Gasteiger partial charge in [-0.25, -0.2) is 0 Å². The van der Waals surface area contributed by atoms with E-state index in [1.165, 1.54) is 5.56 Å². The maximum atomic E-state index is 12.1. The van der Waals surface area contributed by atoms with Crippen LogP contribution in [0.4, 0.5) is 0 Å². The van der Waals surface area contributed by atoms with Gasteiger partial charge in [0.15, 0.2) is 6.10 Å². The SMILES string of the molecule is CCN(CC)C(=O)C(C)Oc1ccc(C(C)C)cc1. The molecule has 1 rings (SSSR count). The van der Waals surface area contributed by atoms with Crippen molar-refractivity contribution in [3.8, 4) is 5.75 Å². The molecule has 0 saturated carbocycles. The van der Waals surface area contributed by atoms with E-state index in [1.807, 2.05) is 26.0 Å². The number of ether oxygens (including phenoxy) is 1. The van der Waals surface area contributed by atoms with Crippen molar-refractivity contribution in [3.05, 3.63) is 29.8 Å². The predicted molar refractivity (Wildman–Crippen MR) is 78.5 cm³/mol. The summed E-state index contributed by atoms with van der Waals surface area (Å²) in [5.41, 5.74) is 1.27. The smallest absolute Gasteiger partial charge is 0.263 e. The normalized spacial score (nSPS) is 12.3. The van der Waals surface area contributed by atoms with Crippen molar-refractivity contribution < 1.29 is 9.53 Å². The molecule has 0 aliphatic rings. The van der Waals surface area contributed by atoms with Gasteiger partial charge in [0.2, 0.25) is 0 Å². The third-order valence-corrected chi connectivity index (χ3v) is 3.28. The number of rotatable bonds is 6. The monoisotopic (exact) mass is 263 g/mol. The average Bonchev–Trinajstić information content (AvgIpc) is 2.40. The molecular weight excluding hydrogens is 238 g/mol. The molecule has 3 heteroatoms. The molecule has 0 radical (unpaired) electrons. The molecule has 19 heavy (non-hydrogen) atoms. The van der Waals surface area contributed by atoms with Crippen LogP contribution < -0.4 is 4.74 Å². The second-order valence-corrected chi connectivity index (χ2v) is 4.99. The van der Waals surface area contributed by atoms with Crippen LogP contribution in [0.1, 0.15) is 46.1 Å². The average molecular weight is 263 g/mol. The van der Waals surface area contributed by atoms with Gasteiger partial charge in [-0.2, -0.15) is 0 Å². The summed E-state index contributed by atoms with van der Waals surface area (Å²) in [7, 11) is 0. The van der Waals surface area contributed by atoms with Gasteiger partial charge < -0.3 is 9.64 Å². The Kier molecular flexibility index (Phi) is 5.87. The molecule has 106 valence electrons. The minimum absolute atomic E-state index is 0.0398. The second-order valence-electron chi connectivity index (χ2n) is 4.99. The number of carbonyl (C=O) groups is 1. The summed E-state index contributed by atoms with van der Waals surface area (Å²) in [6, 6.07) is 7.96. The van der Waals surface area contributed by atoms with Crippen molar-refractivity contribution in [1.82, 2.24) is 4.90 Å². The second kappa shape index (κ2) is 7.17. The van der Waals surface area contributed by atoms with Crippen molar-refractivity contribution in [3.63, 3.8) is 0 Å². The number of benzene rings is 1. The largest absolute Gasteiger partial charge is 0.481 e. The van der Waals surface area contributed by atoms with Gasteiger partial charge in [-0.3, -0.25) is 4.79 Å². The summed E-state index contributed by atoms with van der Waals surface area (Å²) < 4.78 is 5.70. The summed E-state index contributed by atoms with van der Waals surface area (Å²) in [6.07, 6.45) is -0.440. The van der Waals surface area contributed by atoms with Crippen molar-refractivity contribution in [2.24, 2.45) is 0 Å². The minimum atomic E-state index is -0.440. The van der Waals surface area contributed by atoms with Gasteiger partial charge >= 0.3 is 0 Å². The highest BCUT2D eigenvalue weighted by Crippen LogP contribution is 2.19. The highest BCUT2D eigenvalue weighted by molar-refractivity contribution is 5.80. The Morgan fingerprint density at radius 2 is 1.63 bits per heavy atom. The highest BCUT2D eigenvalue weighted by atomic mass is 16.5. The van der Waals surface area contributed by atoms with Crippen molar-refractivity contribution in [2.75, 3.05) is 13.1 Å². The molecule has 1 aromatic carbocycles. The van der Waals surface area contributed by atoms with E-state index >= 15 is 0 Å². The number of carbonyl (C=O) groups excluding carboxylic acids is 1. The van der Waals surface area contributed by atoms with E-state index in [2.05, 4.69) is 26.0 Å².